The molecule has 2 rings (SSSR count). The van der Waals surface area contributed by atoms with E-state index in [1.807, 2.05) is 29.2 Å². The molecule has 150 valence electrons. The average molecular weight is 395 g/mol. The lowest BCUT2D eigenvalue weighted by Gasteiger charge is -2.33. The van der Waals surface area contributed by atoms with Gasteiger partial charge in [0.05, 0.1) is 0 Å². The van der Waals surface area contributed by atoms with Crippen LogP contribution in [0.1, 0.15) is 57.9 Å². The SMILES string of the molecule is CC(Oc1ccccc1C(C)C)C(=O)NC1CCN(C(=O)CCCCl)CC1. The first-order valence-corrected chi connectivity index (χ1v) is 10.4. The highest BCUT2D eigenvalue weighted by Gasteiger charge is 2.25. The Balaban J connectivity index is 1.81. The third-order valence-corrected chi connectivity index (χ3v) is 5.20. The molecular weight excluding hydrogens is 364 g/mol. The zero-order chi connectivity index (χ0) is 19.8. The van der Waals surface area contributed by atoms with Crippen molar-refractivity contribution in [3.8, 4) is 5.75 Å². The topological polar surface area (TPSA) is 58.6 Å². The highest BCUT2D eigenvalue weighted by Crippen LogP contribution is 2.26. The first-order valence-electron chi connectivity index (χ1n) is 9.82. The first-order chi connectivity index (χ1) is 12.9. The van der Waals surface area contributed by atoms with Crippen molar-refractivity contribution in [3.05, 3.63) is 29.8 Å². The van der Waals surface area contributed by atoms with Gasteiger partial charge in [-0.2, -0.15) is 0 Å². The molecular formula is C21H31ClN2O3. The largest absolute Gasteiger partial charge is 0.481 e. The molecule has 6 heteroatoms. The number of piperidine rings is 1. The molecule has 1 aromatic carbocycles. The predicted molar refractivity (Wildman–Crippen MR) is 108 cm³/mol. The Morgan fingerprint density at radius 3 is 2.52 bits per heavy atom. The van der Waals surface area contributed by atoms with E-state index in [1.165, 1.54) is 0 Å². The summed E-state index contributed by atoms with van der Waals surface area (Å²) in [5, 5.41) is 3.07. The van der Waals surface area contributed by atoms with E-state index in [-0.39, 0.29) is 17.9 Å². The van der Waals surface area contributed by atoms with Gasteiger partial charge in [0.1, 0.15) is 5.75 Å². The van der Waals surface area contributed by atoms with E-state index < -0.39 is 6.10 Å². The van der Waals surface area contributed by atoms with Gasteiger partial charge in [-0.15, -0.1) is 11.6 Å². The molecule has 0 spiro atoms. The van der Waals surface area contributed by atoms with E-state index in [9.17, 15) is 9.59 Å². The molecule has 1 aliphatic heterocycles. The van der Waals surface area contributed by atoms with Gasteiger partial charge in [0, 0.05) is 31.4 Å². The van der Waals surface area contributed by atoms with Crippen LogP contribution in [0.5, 0.6) is 5.75 Å². The molecule has 0 aliphatic carbocycles. The van der Waals surface area contributed by atoms with Gasteiger partial charge in [0.2, 0.25) is 5.91 Å². The van der Waals surface area contributed by atoms with Crippen LogP contribution in [0.4, 0.5) is 0 Å². The second-order valence-corrected chi connectivity index (χ2v) is 7.79. The summed E-state index contributed by atoms with van der Waals surface area (Å²) in [6, 6.07) is 7.92. The van der Waals surface area contributed by atoms with Crippen LogP contribution in [0.3, 0.4) is 0 Å². The lowest BCUT2D eigenvalue weighted by Crippen LogP contribution is -2.49. The number of rotatable bonds is 8. The fraction of sp³-hybridized carbons (Fsp3) is 0.619. The maximum absolute atomic E-state index is 12.5. The van der Waals surface area contributed by atoms with Crippen LogP contribution in [0.25, 0.3) is 0 Å². The van der Waals surface area contributed by atoms with Crippen molar-refractivity contribution in [2.24, 2.45) is 0 Å². The van der Waals surface area contributed by atoms with Crippen molar-refractivity contribution >= 4 is 23.4 Å². The van der Waals surface area contributed by atoms with Gasteiger partial charge in [0.15, 0.2) is 6.10 Å². The minimum Gasteiger partial charge on any atom is -0.481 e. The number of nitrogens with zero attached hydrogens (tertiary/aromatic N) is 1. The summed E-state index contributed by atoms with van der Waals surface area (Å²) in [4.78, 5) is 26.4. The molecule has 0 aromatic heterocycles. The quantitative estimate of drug-likeness (QED) is 0.684. The minimum absolute atomic E-state index is 0.0842. The number of carbonyl (C=O) groups excluding carboxylic acids is 2. The molecule has 5 nitrogen and oxygen atoms in total. The van der Waals surface area contributed by atoms with Gasteiger partial charge in [-0.1, -0.05) is 32.0 Å². The Hall–Kier alpha value is -1.75. The number of amides is 2. The van der Waals surface area contributed by atoms with Crippen LogP contribution < -0.4 is 10.1 Å². The van der Waals surface area contributed by atoms with Crippen molar-refractivity contribution < 1.29 is 14.3 Å². The van der Waals surface area contributed by atoms with Crippen LogP contribution >= 0.6 is 11.6 Å². The van der Waals surface area contributed by atoms with E-state index in [1.54, 1.807) is 6.92 Å². The number of nitrogens with one attached hydrogen (secondary N) is 1. The van der Waals surface area contributed by atoms with Crippen LogP contribution in [-0.2, 0) is 9.59 Å². The summed E-state index contributed by atoms with van der Waals surface area (Å²) >= 11 is 5.65. The highest BCUT2D eigenvalue weighted by atomic mass is 35.5. The van der Waals surface area contributed by atoms with E-state index in [4.69, 9.17) is 16.3 Å². The molecule has 1 aromatic rings. The second kappa shape index (κ2) is 10.5. The standard InChI is InChI=1S/C21H31ClN2O3/c1-15(2)18-7-4-5-8-19(18)27-16(3)21(26)23-17-10-13-24(14-11-17)20(25)9-6-12-22/h4-5,7-8,15-17H,6,9-14H2,1-3H3,(H,23,26). The molecule has 0 radical (unpaired) electrons. The van der Waals surface area contributed by atoms with Gasteiger partial charge >= 0.3 is 0 Å². The average Bonchev–Trinajstić information content (AvgIpc) is 2.66. The number of alkyl halides is 1. The summed E-state index contributed by atoms with van der Waals surface area (Å²) in [7, 11) is 0. The van der Waals surface area contributed by atoms with E-state index in [0.717, 1.165) is 24.2 Å². The number of para-hydroxylation sites is 1. The number of ether oxygens (including phenoxy) is 1. The van der Waals surface area contributed by atoms with Crippen LogP contribution in [0, 0.1) is 0 Å². The van der Waals surface area contributed by atoms with Crippen LogP contribution in [0.2, 0.25) is 0 Å². The fourth-order valence-corrected chi connectivity index (χ4v) is 3.41. The third kappa shape index (κ3) is 6.42. The lowest BCUT2D eigenvalue weighted by molar-refractivity contribution is -0.132. The molecule has 1 saturated heterocycles. The smallest absolute Gasteiger partial charge is 0.260 e. The van der Waals surface area contributed by atoms with E-state index in [2.05, 4.69) is 19.2 Å². The maximum Gasteiger partial charge on any atom is 0.260 e. The number of carbonyl (C=O) groups is 2. The monoisotopic (exact) mass is 394 g/mol. The first kappa shape index (κ1) is 21.5. The van der Waals surface area contributed by atoms with Crippen LogP contribution in [0.15, 0.2) is 24.3 Å². The molecule has 1 unspecified atom stereocenters. The van der Waals surface area contributed by atoms with E-state index >= 15 is 0 Å². The van der Waals surface area contributed by atoms with Gasteiger partial charge in [-0.05, 0) is 43.7 Å². The predicted octanol–water partition coefficient (Wildman–Crippen LogP) is 3.70. The Morgan fingerprint density at radius 2 is 1.89 bits per heavy atom. The Bertz CT molecular complexity index is 628. The Labute approximate surface area is 167 Å². The minimum atomic E-state index is -0.562. The van der Waals surface area contributed by atoms with Crippen LogP contribution in [-0.4, -0.2) is 47.8 Å². The second-order valence-electron chi connectivity index (χ2n) is 7.41. The van der Waals surface area contributed by atoms with Crippen molar-refractivity contribution in [2.45, 2.75) is 64.5 Å². The van der Waals surface area contributed by atoms with Crippen molar-refractivity contribution in [3.63, 3.8) is 0 Å². The number of halogens is 1. The van der Waals surface area contributed by atoms with Gasteiger partial charge in [0.25, 0.3) is 5.91 Å². The molecule has 1 N–H and O–H groups in total. The number of likely N-dealkylation sites (tertiary alicyclic amines) is 1. The maximum atomic E-state index is 12.5. The van der Waals surface area contributed by atoms with Gasteiger partial charge in [-0.25, -0.2) is 0 Å². The zero-order valence-corrected chi connectivity index (χ0v) is 17.3. The molecule has 2 amide bonds. The molecule has 1 heterocycles. The fourth-order valence-electron chi connectivity index (χ4n) is 3.28. The lowest BCUT2D eigenvalue weighted by atomic mass is 10.0. The molecule has 1 atom stereocenters. The number of benzene rings is 1. The zero-order valence-electron chi connectivity index (χ0n) is 16.5. The molecule has 0 saturated carbocycles. The highest BCUT2D eigenvalue weighted by molar-refractivity contribution is 6.17. The summed E-state index contributed by atoms with van der Waals surface area (Å²) in [6.45, 7) is 7.34. The molecule has 1 aliphatic rings. The normalized spacial score (nSPS) is 16.3. The van der Waals surface area contributed by atoms with Crippen molar-refractivity contribution in [2.75, 3.05) is 19.0 Å². The van der Waals surface area contributed by atoms with Gasteiger partial charge < -0.3 is 15.0 Å². The summed E-state index contributed by atoms with van der Waals surface area (Å²) < 4.78 is 5.92. The summed E-state index contributed by atoms with van der Waals surface area (Å²) in [6.07, 6.45) is 2.19. The van der Waals surface area contributed by atoms with E-state index in [0.29, 0.717) is 37.7 Å². The number of hydrogen-bond acceptors (Lipinski definition) is 3. The van der Waals surface area contributed by atoms with Crippen molar-refractivity contribution in [1.29, 1.82) is 0 Å². The third-order valence-electron chi connectivity index (χ3n) is 4.93. The number of hydrogen-bond donors (Lipinski definition) is 1. The molecule has 27 heavy (non-hydrogen) atoms. The Kier molecular flexibility index (Phi) is 8.42. The van der Waals surface area contributed by atoms with Gasteiger partial charge in [-0.3, -0.25) is 9.59 Å². The Morgan fingerprint density at radius 1 is 1.22 bits per heavy atom. The summed E-state index contributed by atoms with van der Waals surface area (Å²) in [5.41, 5.74) is 1.10. The molecule has 1 fully saturated rings. The summed E-state index contributed by atoms with van der Waals surface area (Å²) in [5.74, 6) is 1.64. The van der Waals surface area contributed by atoms with Crippen molar-refractivity contribution in [1.82, 2.24) is 10.2 Å². The molecule has 0 bridgehead atoms.